The van der Waals surface area contributed by atoms with E-state index in [4.69, 9.17) is 4.74 Å². The number of rotatable bonds is 4. The highest BCUT2D eigenvalue weighted by Crippen LogP contribution is 2.17. The van der Waals surface area contributed by atoms with E-state index in [1.165, 1.54) is 0 Å². The summed E-state index contributed by atoms with van der Waals surface area (Å²) in [4.78, 5) is 37.0. The smallest absolute Gasteiger partial charge is 0.323 e. The number of nitrogens with zero attached hydrogens (tertiary/aromatic N) is 1. The molecule has 120 valence electrons. The van der Waals surface area contributed by atoms with Crippen LogP contribution in [0.15, 0.2) is 0 Å². The molecule has 1 rings (SSSR count). The molecule has 21 heavy (non-hydrogen) atoms. The van der Waals surface area contributed by atoms with E-state index in [-0.39, 0.29) is 18.6 Å². The Kier molecular flexibility index (Phi) is 6.14. The van der Waals surface area contributed by atoms with E-state index in [2.05, 4.69) is 10.6 Å². The van der Waals surface area contributed by atoms with Crippen LogP contribution in [0.4, 0.5) is 4.79 Å². The van der Waals surface area contributed by atoms with Crippen LogP contribution in [0.2, 0.25) is 0 Å². The summed E-state index contributed by atoms with van der Waals surface area (Å²) in [5, 5.41) is 4.92. The standard InChI is InChI=1S/C14H25N3O4/c1-5-21-12(19)10-7-6-8-17(10)9-11(18)15-13(20)16-14(2,3)4/h10H,5-9H2,1-4H3,(H2,15,16,18,20). The van der Waals surface area contributed by atoms with E-state index in [0.717, 1.165) is 6.42 Å². The summed E-state index contributed by atoms with van der Waals surface area (Å²) in [6, 6.07) is -0.916. The average Bonchev–Trinajstić information content (AvgIpc) is 2.74. The maximum Gasteiger partial charge on any atom is 0.323 e. The maximum absolute atomic E-state index is 11.9. The van der Waals surface area contributed by atoms with Gasteiger partial charge in [0.2, 0.25) is 5.91 Å². The summed E-state index contributed by atoms with van der Waals surface area (Å²) in [5.74, 6) is -0.727. The van der Waals surface area contributed by atoms with Gasteiger partial charge in [0.05, 0.1) is 13.2 Å². The van der Waals surface area contributed by atoms with Crippen molar-refractivity contribution in [2.45, 2.75) is 52.1 Å². The lowest BCUT2D eigenvalue weighted by atomic mass is 10.1. The first-order valence-corrected chi connectivity index (χ1v) is 7.25. The minimum atomic E-state index is -0.528. The number of hydrogen-bond donors (Lipinski definition) is 2. The van der Waals surface area contributed by atoms with E-state index in [1.807, 2.05) is 20.8 Å². The molecule has 0 bridgehead atoms. The Bertz CT molecular complexity index is 404. The van der Waals surface area contributed by atoms with Gasteiger partial charge in [-0.25, -0.2) is 4.79 Å². The van der Waals surface area contributed by atoms with E-state index >= 15 is 0 Å². The number of likely N-dealkylation sites (tertiary alicyclic amines) is 1. The van der Waals surface area contributed by atoms with Crippen LogP contribution in [0.1, 0.15) is 40.5 Å². The molecule has 0 aromatic heterocycles. The molecule has 2 N–H and O–H groups in total. The molecule has 0 aromatic rings. The first kappa shape index (κ1) is 17.4. The number of amides is 3. The van der Waals surface area contributed by atoms with Crippen molar-refractivity contribution in [1.82, 2.24) is 15.5 Å². The molecule has 0 spiro atoms. The summed E-state index contributed by atoms with van der Waals surface area (Å²) < 4.78 is 4.99. The highest BCUT2D eigenvalue weighted by Gasteiger charge is 2.33. The Labute approximate surface area is 125 Å². The quantitative estimate of drug-likeness (QED) is 0.744. The van der Waals surface area contributed by atoms with Gasteiger partial charge < -0.3 is 10.1 Å². The van der Waals surface area contributed by atoms with Gasteiger partial charge in [-0.05, 0) is 47.1 Å². The third kappa shape index (κ3) is 6.12. The fourth-order valence-electron chi connectivity index (χ4n) is 2.24. The molecule has 1 fully saturated rings. The van der Waals surface area contributed by atoms with Crippen molar-refractivity contribution >= 4 is 17.9 Å². The number of urea groups is 1. The van der Waals surface area contributed by atoms with E-state index in [0.29, 0.717) is 19.6 Å². The van der Waals surface area contributed by atoms with Gasteiger partial charge in [-0.2, -0.15) is 0 Å². The molecule has 0 saturated carbocycles. The number of carbonyl (C=O) groups is 3. The maximum atomic E-state index is 11.9. The van der Waals surface area contributed by atoms with Gasteiger partial charge in [-0.1, -0.05) is 0 Å². The zero-order valence-corrected chi connectivity index (χ0v) is 13.2. The Hall–Kier alpha value is -1.63. The van der Waals surface area contributed by atoms with Crippen molar-refractivity contribution in [3.05, 3.63) is 0 Å². The average molecular weight is 299 g/mol. The van der Waals surface area contributed by atoms with Gasteiger partial charge in [-0.15, -0.1) is 0 Å². The van der Waals surface area contributed by atoms with Gasteiger partial charge in [0.25, 0.3) is 0 Å². The second kappa shape index (κ2) is 7.40. The Morgan fingerprint density at radius 2 is 1.95 bits per heavy atom. The largest absolute Gasteiger partial charge is 0.465 e. The fraction of sp³-hybridized carbons (Fsp3) is 0.786. The third-order valence-corrected chi connectivity index (χ3v) is 3.01. The highest BCUT2D eigenvalue weighted by molar-refractivity contribution is 5.95. The van der Waals surface area contributed by atoms with Crippen LogP contribution >= 0.6 is 0 Å². The van der Waals surface area contributed by atoms with Crippen molar-refractivity contribution in [1.29, 1.82) is 0 Å². The number of nitrogens with one attached hydrogen (secondary N) is 2. The Morgan fingerprint density at radius 3 is 2.52 bits per heavy atom. The molecule has 1 aliphatic rings. The van der Waals surface area contributed by atoms with Gasteiger partial charge in [0, 0.05) is 5.54 Å². The van der Waals surface area contributed by atoms with E-state index in [1.54, 1.807) is 11.8 Å². The van der Waals surface area contributed by atoms with Crippen LogP contribution < -0.4 is 10.6 Å². The fourth-order valence-corrected chi connectivity index (χ4v) is 2.24. The van der Waals surface area contributed by atoms with Crippen LogP contribution in [-0.4, -0.2) is 54.1 Å². The molecule has 7 heteroatoms. The minimum absolute atomic E-state index is 0.0149. The van der Waals surface area contributed by atoms with Crippen molar-refractivity contribution in [2.75, 3.05) is 19.7 Å². The molecular formula is C14H25N3O4. The number of carbonyl (C=O) groups excluding carboxylic acids is 3. The molecular weight excluding hydrogens is 274 g/mol. The zero-order chi connectivity index (χ0) is 16.0. The third-order valence-electron chi connectivity index (χ3n) is 3.01. The molecule has 0 radical (unpaired) electrons. The van der Waals surface area contributed by atoms with Crippen molar-refractivity contribution in [3.63, 3.8) is 0 Å². The van der Waals surface area contributed by atoms with E-state index in [9.17, 15) is 14.4 Å². The Balaban J connectivity index is 2.46. The molecule has 1 aliphatic heterocycles. The van der Waals surface area contributed by atoms with Crippen LogP contribution in [0.5, 0.6) is 0 Å². The van der Waals surface area contributed by atoms with Crippen molar-refractivity contribution in [2.24, 2.45) is 0 Å². The first-order valence-electron chi connectivity index (χ1n) is 7.25. The number of esters is 1. The lowest BCUT2D eigenvalue weighted by Gasteiger charge is -2.23. The monoisotopic (exact) mass is 299 g/mol. The molecule has 7 nitrogen and oxygen atoms in total. The lowest BCUT2D eigenvalue weighted by Crippen LogP contribution is -2.51. The Morgan fingerprint density at radius 1 is 1.29 bits per heavy atom. The summed E-state index contributed by atoms with van der Waals surface area (Å²) >= 11 is 0. The number of hydrogen-bond acceptors (Lipinski definition) is 5. The lowest BCUT2D eigenvalue weighted by molar-refractivity contribution is -0.148. The number of ether oxygens (including phenoxy) is 1. The molecule has 3 amide bonds. The minimum Gasteiger partial charge on any atom is -0.465 e. The molecule has 0 aromatic carbocycles. The summed E-state index contributed by atoms with van der Waals surface area (Å²) in [6.07, 6.45) is 1.52. The van der Waals surface area contributed by atoms with Gasteiger partial charge in [-0.3, -0.25) is 19.8 Å². The van der Waals surface area contributed by atoms with Crippen molar-refractivity contribution in [3.8, 4) is 0 Å². The summed E-state index contributed by atoms with van der Waals surface area (Å²) in [6.45, 7) is 8.22. The molecule has 1 heterocycles. The van der Waals surface area contributed by atoms with E-state index < -0.39 is 17.5 Å². The zero-order valence-electron chi connectivity index (χ0n) is 13.2. The van der Waals surface area contributed by atoms with Crippen molar-refractivity contribution < 1.29 is 19.1 Å². The first-order chi connectivity index (χ1) is 9.73. The second-order valence-corrected chi connectivity index (χ2v) is 6.13. The normalized spacial score (nSPS) is 19.1. The molecule has 1 saturated heterocycles. The summed E-state index contributed by atoms with van der Waals surface area (Å²) in [7, 11) is 0. The predicted octanol–water partition coefficient (Wildman–Crippen LogP) is 0.638. The molecule has 1 atom stereocenters. The molecule has 1 unspecified atom stereocenters. The SMILES string of the molecule is CCOC(=O)C1CCCN1CC(=O)NC(=O)NC(C)(C)C. The topological polar surface area (TPSA) is 87.7 Å². The highest BCUT2D eigenvalue weighted by atomic mass is 16.5. The van der Waals surface area contributed by atoms with Crippen LogP contribution in [0.25, 0.3) is 0 Å². The van der Waals surface area contributed by atoms with Crippen LogP contribution in [0, 0.1) is 0 Å². The predicted molar refractivity (Wildman–Crippen MR) is 77.7 cm³/mol. The van der Waals surface area contributed by atoms with Gasteiger partial charge >= 0.3 is 12.0 Å². The number of imide groups is 1. The van der Waals surface area contributed by atoms with Crippen LogP contribution in [-0.2, 0) is 14.3 Å². The van der Waals surface area contributed by atoms with Gasteiger partial charge in [0.1, 0.15) is 6.04 Å². The van der Waals surface area contributed by atoms with Crippen LogP contribution in [0.3, 0.4) is 0 Å². The second-order valence-electron chi connectivity index (χ2n) is 6.13. The molecule has 0 aliphatic carbocycles. The van der Waals surface area contributed by atoms with Gasteiger partial charge in [0.15, 0.2) is 0 Å². The summed E-state index contributed by atoms with van der Waals surface area (Å²) in [5.41, 5.74) is -0.411.